The number of alkyl carbamates (subject to hydrolysis) is 1. The van der Waals surface area contributed by atoms with E-state index < -0.39 is 39.8 Å². The predicted molar refractivity (Wildman–Crippen MR) is 171 cm³/mol. The summed E-state index contributed by atoms with van der Waals surface area (Å²) in [7, 11) is -2.47. The van der Waals surface area contributed by atoms with E-state index in [1.54, 1.807) is 32.9 Å². The van der Waals surface area contributed by atoms with E-state index in [1.165, 1.54) is 23.5 Å². The molecule has 0 bridgehead atoms. The highest BCUT2D eigenvalue weighted by Crippen LogP contribution is 2.27. The van der Waals surface area contributed by atoms with Gasteiger partial charge in [-0.15, -0.1) is 0 Å². The van der Waals surface area contributed by atoms with Gasteiger partial charge in [-0.05, 0) is 74.2 Å². The van der Waals surface area contributed by atoms with Gasteiger partial charge in [0.2, 0.25) is 10.0 Å². The van der Waals surface area contributed by atoms with Gasteiger partial charge >= 0.3 is 6.09 Å². The number of hydrogen-bond acceptors (Lipinski definition) is 7. The number of carbonyl (C=O) groups excluding carboxylic acids is 1. The molecule has 2 N–H and O–H groups in total. The van der Waals surface area contributed by atoms with E-state index in [-0.39, 0.29) is 23.9 Å². The van der Waals surface area contributed by atoms with Crippen molar-refractivity contribution >= 4 is 16.1 Å². The fourth-order valence-corrected chi connectivity index (χ4v) is 6.33. The number of ether oxygens (including phenoxy) is 3. The summed E-state index contributed by atoms with van der Waals surface area (Å²) < 4.78 is 45.3. The minimum atomic E-state index is -3.97. The number of amides is 1. The van der Waals surface area contributed by atoms with E-state index in [9.17, 15) is 18.3 Å². The molecule has 0 unspecified atom stereocenters. The van der Waals surface area contributed by atoms with Crippen LogP contribution in [0.5, 0.6) is 11.5 Å². The van der Waals surface area contributed by atoms with Gasteiger partial charge in [0, 0.05) is 19.0 Å². The number of sulfonamides is 1. The van der Waals surface area contributed by atoms with Crippen LogP contribution in [0.2, 0.25) is 0 Å². The minimum Gasteiger partial charge on any atom is -0.497 e. The average Bonchev–Trinajstić information content (AvgIpc) is 2.97. The number of carbonyl (C=O) groups is 1. The van der Waals surface area contributed by atoms with Crippen molar-refractivity contribution in [1.29, 1.82) is 0 Å². The molecule has 3 aromatic carbocycles. The summed E-state index contributed by atoms with van der Waals surface area (Å²) in [4.78, 5) is 13.0. The van der Waals surface area contributed by atoms with Crippen LogP contribution in [0.15, 0.2) is 83.8 Å². The Bertz CT molecular complexity index is 1420. The zero-order valence-corrected chi connectivity index (χ0v) is 27.5. The van der Waals surface area contributed by atoms with E-state index in [4.69, 9.17) is 14.2 Å². The zero-order chi connectivity index (χ0) is 32.5. The number of aliphatic hydroxyl groups excluding tert-OH is 1. The minimum absolute atomic E-state index is 0.0201. The van der Waals surface area contributed by atoms with Crippen LogP contribution in [-0.2, 0) is 21.4 Å². The van der Waals surface area contributed by atoms with Gasteiger partial charge in [-0.25, -0.2) is 13.2 Å². The summed E-state index contributed by atoms with van der Waals surface area (Å²) in [5.41, 5.74) is 1.11. The van der Waals surface area contributed by atoms with E-state index >= 15 is 0 Å². The van der Waals surface area contributed by atoms with Crippen LogP contribution in [-0.4, -0.2) is 61.9 Å². The topological polar surface area (TPSA) is 114 Å². The second-order valence-corrected chi connectivity index (χ2v) is 14.2. The third-order valence-electron chi connectivity index (χ3n) is 6.95. The number of rotatable bonds is 14. The van der Waals surface area contributed by atoms with Crippen LogP contribution >= 0.6 is 0 Å². The molecule has 0 aliphatic heterocycles. The van der Waals surface area contributed by atoms with Crippen LogP contribution in [0.3, 0.4) is 0 Å². The number of nitrogens with one attached hydrogen (secondary N) is 1. The first-order chi connectivity index (χ1) is 20.7. The van der Waals surface area contributed by atoms with Gasteiger partial charge in [-0.3, -0.25) is 0 Å². The molecule has 9 nitrogen and oxygen atoms in total. The molecule has 0 aromatic heterocycles. The average molecular weight is 627 g/mol. The summed E-state index contributed by atoms with van der Waals surface area (Å²) >= 11 is 0. The first-order valence-corrected chi connectivity index (χ1v) is 16.2. The Balaban J connectivity index is 1.86. The SMILES string of the molecule is COc1ccc(S(=O)(=O)N(CC(C)C)C[C@H](O)[C@@H](NC(=O)OC(C)(C)C)[C@H](C)c2ccc(OCc3ccccc3)cc2)cc1. The third-order valence-corrected chi connectivity index (χ3v) is 8.79. The summed E-state index contributed by atoms with van der Waals surface area (Å²) in [6.45, 7) is 11.3. The summed E-state index contributed by atoms with van der Waals surface area (Å²) in [5.74, 6) is 0.778. The second-order valence-electron chi connectivity index (χ2n) is 12.3. The maximum Gasteiger partial charge on any atom is 0.407 e. The van der Waals surface area contributed by atoms with Gasteiger partial charge in [0.25, 0.3) is 0 Å². The van der Waals surface area contributed by atoms with Crippen molar-refractivity contribution in [1.82, 2.24) is 9.62 Å². The number of benzene rings is 3. The van der Waals surface area contributed by atoms with Crippen molar-refractivity contribution in [2.75, 3.05) is 20.2 Å². The molecule has 10 heteroatoms. The lowest BCUT2D eigenvalue weighted by molar-refractivity contribution is 0.0374. The van der Waals surface area contributed by atoms with Crippen molar-refractivity contribution in [2.24, 2.45) is 5.92 Å². The van der Waals surface area contributed by atoms with Crippen LogP contribution in [0.1, 0.15) is 58.6 Å². The van der Waals surface area contributed by atoms with E-state index in [2.05, 4.69) is 5.32 Å². The molecule has 0 heterocycles. The maximum atomic E-state index is 13.7. The molecule has 44 heavy (non-hydrogen) atoms. The van der Waals surface area contributed by atoms with Crippen LogP contribution in [0, 0.1) is 5.92 Å². The molecule has 0 saturated carbocycles. The quantitative estimate of drug-likeness (QED) is 0.226. The Kier molecular flexibility index (Phi) is 12.2. The fraction of sp³-hybridized carbons (Fsp3) is 0.441. The van der Waals surface area contributed by atoms with Crippen molar-refractivity contribution in [3.63, 3.8) is 0 Å². The summed E-state index contributed by atoms with van der Waals surface area (Å²) in [6, 6.07) is 22.5. The van der Waals surface area contributed by atoms with E-state index in [1.807, 2.05) is 75.4 Å². The molecular formula is C34H46N2O7S. The Labute approximate surface area is 262 Å². The molecule has 0 aliphatic carbocycles. The normalized spacial score (nSPS) is 14.1. The summed E-state index contributed by atoms with van der Waals surface area (Å²) in [6.07, 6.45) is -1.97. The maximum absolute atomic E-state index is 13.7. The molecule has 0 radical (unpaired) electrons. The van der Waals surface area contributed by atoms with Gasteiger partial charge in [0.1, 0.15) is 23.7 Å². The van der Waals surface area contributed by atoms with E-state index in [0.717, 1.165) is 11.1 Å². The van der Waals surface area contributed by atoms with Crippen molar-refractivity contribution < 1.29 is 32.5 Å². The van der Waals surface area contributed by atoms with Gasteiger partial charge in [0.05, 0.1) is 24.2 Å². The van der Waals surface area contributed by atoms with Crippen molar-refractivity contribution in [2.45, 2.75) is 76.7 Å². The highest BCUT2D eigenvalue weighted by atomic mass is 32.2. The monoisotopic (exact) mass is 626 g/mol. The van der Waals surface area contributed by atoms with Crippen LogP contribution < -0.4 is 14.8 Å². The van der Waals surface area contributed by atoms with Crippen molar-refractivity contribution in [3.8, 4) is 11.5 Å². The van der Waals surface area contributed by atoms with Crippen LogP contribution in [0.25, 0.3) is 0 Å². The third kappa shape index (κ3) is 10.2. The molecule has 0 saturated heterocycles. The van der Waals surface area contributed by atoms with E-state index in [0.29, 0.717) is 18.1 Å². The molecule has 3 aromatic rings. The second kappa shape index (κ2) is 15.4. The highest BCUT2D eigenvalue weighted by molar-refractivity contribution is 7.89. The molecule has 0 fully saturated rings. The molecule has 3 atom stereocenters. The Morgan fingerprint density at radius 2 is 1.48 bits per heavy atom. The lowest BCUT2D eigenvalue weighted by Crippen LogP contribution is -2.53. The molecule has 0 aliphatic rings. The molecule has 1 amide bonds. The predicted octanol–water partition coefficient (Wildman–Crippen LogP) is 5.98. The molecule has 3 rings (SSSR count). The first kappa shape index (κ1) is 34.9. The largest absolute Gasteiger partial charge is 0.497 e. The molecule has 240 valence electrons. The molecule has 0 spiro atoms. The number of aliphatic hydroxyl groups is 1. The Hall–Kier alpha value is -3.60. The van der Waals surface area contributed by atoms with Gasteiger partial charge < -0.3 is 24.6 Å². The van der Waals surface area contributed by atoms with Crippen molar-refractivity contribution in [3.05, 3.63) is 90.0 Å². The standard InChI is InChI=1S/C34H46N2O7S/c1-24(2)21-36(44(39,40)30-19-17-28(41-7)18-20-30)22-31(37)32(35-33(38)43-34(4,5)6)25(3)27-13-15-29(16-14-27)42-23-26-11-9-8-10-12-26/h8-20,24-25,31-32,37H,21-23H2,1-7H3,(H,35,38)/t25-,31+,32+/m1/s1. The number of methoxy groups -OCH3 is 1. The smallest absolute Gasteiger partial charge is 0.407 e. The van der Waals surface area contributed by atoms with Gasteiger partial charge in [-0.2, -0.15) is 4.31 Å². The first-order valence-electron chi connectivity index (χ1n) is 14.8. The Morgan fingerprint density at radius 1 is 0.886 bits per heavy atom. The Morgan fingerprint density at radius 3 is 2.02 bits per heavy atom. The highest BCUT2D eigenvalue weighted by Gasteiger charge is 2.35. The number of hydrogen-bond donors (Lipinski definition) is 2. The lowest BCUT2D eigenvalue weighted by Gasteiger charge is -2.34. The number of nitrogens with zero attached hydrogens (tertiary/aromatic N) is 1. The van der Waals surface area contributed by atoms with Gasteiger partial charge in [-0.1, -0.05) is 63.2 Å². The van der Waals surface area contributed by atoms with Gasteiger partial charge in [0.15, 0.2) is 0 Å². The zero-order valence-electron chi connectivity index (χ0n) is 26.7. The van der Waals surface area contributed by atoms with Crippen LogP contribution in [0.4, 0.5) is 4.79 Å². The molecular weight excluding hydrogens is 580 g/mol. The summed E-state index contributed by atoms with van der Waals surface area (Å²) in [5, 5.41) is 14.4. The fourth-order valence-electron chi connectivity index (χ4n) is 4.71. The lowest BCUT2D eigenvalue weighted by atomic mass is 9.89.